The molecule has 1 fully saturated rings. The van der Waals surface area contributed by atoms with Crippen molar-refractivity contribution in [1.29, 1.82) is 0 Å². The molecule has 6 heteroatoms. The summed E-state index contributed by atoms with van der Waals surface area (Å²) in [5.41, 5.74) is 0.722. The molecular formula is C9H11N5O. The lowest BCUT2D eigenvalue weighted by atomic mass is 10.4. The number of aryl methyl sites for hydroxylation is 1. The van der Waals surface area contributed by atoms with Crippen LogP contribution in [0.5, 0.6) is 0 Å². The van der Waals surface area contributed by atoms with Crippen LogP contribution in [0, 0.1) is 6.92 Å². The van der Waals surface area contributed by atoms with E-state index in [1.54, 1.807) is 6.20 Å². The van der Waals surface area contributed by atoms with Crippen LogP contribution in [-0.4, -0.2) is 37.4 Å². The minimum Gasteiger partial charge on any atom is -0.391 e. The van der Waals surface area contributed by atoms with Gasteiger partial charge in [-0.15, -0.1) is 0 Å². The zero-order valence-corrected chi connectivity index (χ0v) is 8.23. The number of aliphatic hydroxyl groups excluding tert-OH is 1. The third kappa shape index (κ3) is 1.42. The average molecular weight is 205 g/mol. The van der Waals surface area contributed by atoms with Gasteiger partial charge in [-0.05, 0) is 13.3 Å². The van der Waals surface area contributed by atoms with Crippen molar-refractivity contribution >= 4 is 16.9 Å². The number of aromatic nitrogens is 4. The smallest absolute Gasteiger partial charge is 0.161 e. The second-order valence-corrected chi connectivity index (χ2v) is 3.81. The molecule has 0 aliphatic heterocycles. The highest BCUT2D eigenvalue weighted by atomic mass is 16.3. The Morgan fingerprint density at radius 3 is 3.07 bits per heavy atom. The van der Waals surface area contributed by atoms with Crippen LogP contribution in [0.3, 0.4) is 0 Å². The van der Waals surface area contributed by atoms with E-state index in [9.17, 15) is 5.11 Å². The van der Waals surface area contributed by atoms with E-state index in [4.69, 9.17) is 0 Å². The van der Waals surface area contributed by atoms with Crippen LogP contribution in [0.1, 0.15) is 12.2 Å². The normalized spacial score (nSPS) is 24.4. The molecule has 0 saturated heterocycles. The summed E-state index contributed by atoms with van der Waals surface area (Å²) in [7, 11) is 0. The lowest BCUT2D eigenvalue weighted by Crippen LogP contribution is -2.09. The molecule has 2 unspecified atom stereocenters. The van der Waals surface area contributed by atoms with Crippen molar-refractivity contribution in [2.75, 3.05) is 5.32 Å². The average Bonchev–Trinajstić information content (AvgIpc) is 2.71. The Kier molecular flexibility index (Phi) is 1.66. The first-order valence-corrected chi connectivity index (χ1v) is 4.86. The molecule has 1 saturated carbocycles. The lowest BCUT2D eigenvalue weighted by molar-refractivity contribution is 0.274. The molecule has 0 bridgehead atoms. The Labute approximate surface area is 85.7 Å². The zero-order valence-electron chi connectivity index (χ0n) is 8.23. The largest absolute Gasteiger partial charge is 0.391 e. The second kappa shape index (κ2) is 2.90. The summed E-state index contributed by atoms with van der Waals surface area (Å²) in [6, 6.07) is 0.123. The number of anilines is 1. The zero-order chi connectivity index (χ0) is 10.4. The van der Waals surface area contributed by atoms with E-state index in [1.165, 1.54) is 0 Å². The summed E-state index contributed by atoms with van der Waals surface area (Å²) in [6.07, 6.45) is 2.22. The van der Waals surface area contributed by atoms with Crippen molar-refractivity contribution in [3.05, 3.63) is 12.0 Å². The van der Waals surface area contributed by atoms with Crippen LogP contribution in [0.15, 0.2) is 6.20 Å². The highest BCUT2D eigenvalue weighted by Gasteiger charge is 2.35. The van der Waals surface area contributed by atoms with Crippen LogP contribution in [0.4, 0.5) is 5.82 Å². The third-order valence-electron chi connectivity index (χ3n) is 2.50. The highest BCUT2D eigenvalue weighted by Crippen LogP contribution is 2.27. The Bertz CT molecular complexity index is 508. The van der Waals surface area contributed by atoms with Crippen molar-refractivity contribution in [2.24, 2.45) is 0 Å². The molecule has 0 aromatic carbocycles. The summed E-state index contributed by atoms with van der Waals surface area (Å²) in [4.78, 5) is 8.51. The highest BCUT2D eigenvalue weighted by molar-refractivity contribution is 5.86. The van der Waals surface area contributed by atoms with Gasteiger partial charge in [0.15, 0.2) is 5.65 Å². The van der Waals surface area contributed by atoms with Crippen LogP contribution in [-0.2, 0) is 0 Å². The minimum absolute atomic E-state index is 0.123. The molecule has 0 amide bonds. The van der Waals surface area contributed by atoms with E-state index in [0.717, 1.165) is 23.3 Å². The fourth-order valence-electron chi connectivity index (χ4n) is 1.57. The number of fused-ring (bicyclic) bond motifs is 1. The Hall–Kier alpha value is -1.69. The Balaban J connectivity index is 2.03. The molecular weight excluding hydrogens is 194 g/mol. The van der Waals surface area contributed by atoms with Gasteiger partial charge in [-0.1, -0.05) is 0 Å². The predicted molar refractivity (Wildman–Crippen MR) is 54.5 cm³/mol. The minimum atomic E-state index is -0.248. The SMILES string of the molecule is Cc1nc(NC2CC2O)c2cn[nH]c2n1. The number of aromatic amines is 1. The van der Waals surface area contributed by atoms with Gasteiger partial charge in [-0.3, -0.25) is 5.10 Å². The van der Waals surface area contributed by atoms with E-state index in [-0.39, 0.29) is 12.1 Å². The molecule has 6 nitrogen and oxygen atoms in total. The maximum absolute atomic E-state index is 9.25. The van der Waals surface area contributed by atoms with Crippen molar-refractivity contribution < 1.29 is 5.11 Å². The molecule has 78 valence electrons. The van der Waals surface area contributed by atoms with E-state index >= 15 is 0 Å². The molecule has 2 atom stereocenters. The van der Waals surface area contributed by atoms with Crippen LogP contribution in [0.25, 0.3) is 11.0 Å². The summed E-state index contributed by atoms with van der Waals surface area (Å²) in [5, 5.41) is 20.0. The number of hydrogen-bond acceptors (Lipinski definition) is 5. The summed E-state index contributed by atoms with van der Waals surface area (Å²) < 4.78 is 0. The van der Waals surface area contributed by atoms with Gasteiger partial charge >= 0.3 is 0 Å². The van der Waals surface area contributed by atoms with E-state index in [0.29, 0.717) is 5.82 Å². The van der Waals surface area contributed by atoms with Crippen LogP contribution < -0.4 is 5.32 Å². The molecule has 1 aliphatic rings. The molecule has 0 spiro atoms. The topological polar surface area (TPSA) is 86.7 Å². The first-order valence-electron chi connectivity index (χ1n) is 4.86. The number of aliphatic hydroxyl groups is 1. The van der Waals surface area contributed by atoms with Crippen LogP contribution >= 0.6 is 0 Å². The molecule has 3 N–H and O–H groups in total. The van der Waals surface area contributed by atoms with Gasteiger partial charge in [0.25, 0.3) is 0 Å². The first kappa shape index (κ1) is 8.60. The molecule has 1 aliphatic carbocycles. The monoisotopic (exact) mass is 205 g/mol. The van der Waals surface area contributed by atoms with Gasteiger partial charge in [0.05, 0.1) is 23.7 Å². The van der Waals surface area contributed by atoms with Gasteiger partial charge in [0, 0.05) is 0 Å². The van der Waals surface area contributed by atoms with Crippen LogP contribution in [0.2, 0.25) is 0 Å². The number of nitrogens with one attached hydrogen (secondary N) is 2. The summed E-state index contributed by atoms with van der Waals surface area (Å²) in [5.74, 6) is 1.43. The molecule has 2 aromatic heterocycles. The quantitative estimate of drug-likeness (QED) is 0.652. The molecule has 2 heterocycles. The van der Waals surface area contributed by atoms with Crippen molar-refractivity contribution in [2.45, 2.75) is 25.5 Å². The Morgan fingerprint density at radius 2 is 2.33 bits per heavy atom. The molecule has 0 radical (unpaired) electrons. The molecule has 2 aromatic rings. The number of hydrogen-bond donors (Lipinski definition) is 3. The van der Waals surface area contributed by atoms with Crippen molar-refractivity contribution in [3.8, 4) is 0 Å². The van der Waals surface area contributed by atoms with Gasteiger partial charge in [-0.2, -0.15) is 5.10 Å². The standard InChI is InChI=1S/C9H11N5O/c1-4-11-8(13-6-2-7(6)15)5-3-10-14-9(5)12-4/h3,6-7,15H,2H2,1H3,(H2,10,11,12,13,14). The van der Waals surface area contributed by atoms with Crippen molar-refractivity contribution in [1.82, 2.24) is 20.2 Å². The molecule has 3 rings (SSSR count). The lowest BCUT2D eigenvalue weighted by Gasteiger charge is -2.05. The van der Waals surface area contributed by atoms with Crippen molar-refractivity contribution in [3.63, 3.8) is 0 Å². The van der Waals surface area contributed by atoms with E-state index in [2.05, 4.69) is 25.5 Å². The number of rotatable bonds is 2. The van der Waals surface area contributed by atoms with Gasteiger partial charge in [0.2, 0.25) is 0 Å². The summed E-state index contributed by atoms with van der Waals surface area (Å²) in [6.45, 7) is 1.83. The molecule has 15 heavy (non-hydrogen) atoms. The fraction of sp³-hybridized carbons (Fsp3) is 0.444. The van der Waals surface area contributed by atoms with E-state index < -0.39 is 0 Å². The second-order valence-electron chi connectivity index (χ2n) is 3.81. The third-order valence-corrected chi connectivity index (χ3v) is 2.50. The van der Waals surface area contributed by atoms with Gasteiger partial charge < -0.3 is 10.4 Å². The summed E-state index contributed by atoms with van der Waals surface area (Å²) >= 11 is 0. The first-order chi connectivity index (χ1) is 7.24. The van der Waals surface area contributed by atoms with Gasteiger partial charge in [0.1, 0.15) is 11.6 Å². The maximum atomic E-state index is 9.25. The fourth-order valence-corrected chi connectivity index (χ4v) is 1.57. The van der Waals surface area contributed by atoms with E-state index in [1.807, 2.05) is 6.92 Å². The Morgan fingerprint density at radius 1 is 1.53 bits per heavy atom. The number of nitrogens with zero attached hydrogens (tertiary/aromatic N) is 3. The predicted octanol–water partition coefficient (Wildman–Crippen LogP) is 0.206. The van der Waals surface area contributed by atoms with Gasteiger partial charge in [-0.25, -0.2) is 9.97 Å². The maximum Gasteiger partial charge on any atom is 0.161 e. The number of H-pyrrole nitrogens is 1.